The quantitative estimate of drug-likeness (QED) is 0.396. The molecule has 4 unspecified atom stereocenters. The van der Waals surface area contributed by atoms with Gasteiger partial charge in [-0.3, -0.25) is 0 Å². The van der Waals surface area contributed by atoms with Crippen molar-refractivity contribution in [3.8, 4) is 0 Å². The zero-order valence-corrected chi connectivity index (χ0v) is 14.6. The molecule has 0 N–H and O–H groups in total. The molecule has 0 spiro atoms. The monoisotopic (exact) mass is 402 g/mol. The topological polar surface area (TPSA) is 35.5 Å². The maximum atomic E-state index is 11.1. The minimum atomic E-state index is 0.00241. The summed E-state index contributed by atoms with van der Waals surface area (Å²) in [5.74, 6) is 0.0918. The molecule has 1 aromatic rings. The van der Waals surface area contributed by atoms with Crippen molar-refractivity contribution in [3.05, 3.63) is 35.9 Å². The molecule has 1 aromatic carbocycles. The Labute approximate surface area is 140 Å². The molecule has 116 valence electrons. The van der Waals surface area contributed by atoms with Gasteiger partial charge < -0.3 is 14.3 Å². The van der Waals surface area contributed by atoms with Crippen molar-refractivity contribution in [2.45, 2.75) is 48.9 Å². The van der Waals surface area contributed by atoms with Crippen molar-refractivity contribution in [1.29, 1.82) is 0 Å². The summed E-state index contributed by atoms with van der Waals surface area (Å²) in [5.41, 5.74) is 1.16. The van der Waals surface area contributed by atoms with Gasteiger partial charge in [-0.1, -0.05) is 59.8 Å². The molecule has 1 aliphatic carbocycles. The van der Waals surface area contributed by atoms with Gasteiger partial charge >= 0.3 is 0 Å². The average molecular weight is 402 g/mol. The van der Waals surface area contributed by atoms with E-state index in [0.717, 1.165) is 37.7 Å². The Morgan fingerprint density at radius 3 is 2.67 bits per heavy atom. The first kappa shape index (κ1) is 16.9. The SMILES string of the molecule is CCCOC1C(I)CC(C=O)CC1OCc1ccccc1. The normalized spacial score (nSPS) is 29.2. The van der Waals surface area contributed by atoms with Crippen LogP contribution in [0.15, 0.2) is 30.3 Å². The highest BCUT2D eigenvalue weighted by molar-refractivity contribution is 14.1. The molecule has 21 heavy (non-hydrogen) atoms. The molecule has 0 aromatic heterocycles. The van der Waals surface area contributed by atoms with Crippen LogP contribution in [0.4, 0.5) is 0 Å². The van der Waals surface area contributed by atoms with Crippen LogP contribution in [0.25, 0.3) is 0 Å². The second-order valence-corrected chi connectivity index (χ2v) is 7.15. The van der Waals surface area contributed by atoms with Gasteiger partial charge in [-0.05, 0) is 24.8 Å². The molecular formula is C17H23IO3. The predicted molar refractivity (Wildman–Crippen MR) is 91.6 cm³/mol. The molecule has 2 rings (SSSR count). The van der Waals surface area contributed by atoms with Gasteiger partial charge in [-0.25, -0.2) is 0 Å². The summed E-state index contributed by atoms with van der Waals surface area (Å²) < 4.78 is 12.4. The van der Waals surface area contributed by atoms with Gasteiger partial charge in [0, 0.05) is 16.4 Å². The fraction of sp³-hybridized carbons (Fsp3) is 0.588. The van der Waals surface area contributed by atoms with Gasteiger partial charge in [0.15, 0.2) is 0 Å². The zero-order valence-electron chi connectivity index (χ0n) is 12.4. The van der Waals surface area contributed by atoms with Crippen LogP contribution in [0.1, 0.15) is 31.7 Å². The number of rotatable bonds is 7. The third-order valence-electron chi connectivity index (χ3n) is 3.80. The molecule has 0 saturated heterocycles. The van der Waals surface area contributed by atoms with E-state index >= 15 is 0 Å². The molecule has 0 bridgehead atoms. The van der Waals surface area contributed by atoms with Crippen molar-refractivity contribution < 1.29 is 14.3 Å². The van der Waals surface area contributed by atoms with Crippen molar-refractivity contribution in [2.24, 2.45) is 5.92 Å². The minimum Gasteiger partial charge on any atom is -0.374 e. The second-order valence-electron chi connectivity index (χ2n) is 5.55. The van der Waals surface area contributed by atoms with E-state index in [1.165, 1.54) is 0 Å². The summed E-state index contributed by atoms with van der Waals surface area (Å²) in [6.45, 7) is 3.44. The highest BCUT2D eigenvalue weighted by Crippen LogP contribution is 2.33. The summed E-state index contributed by atoms with van der Waals surface area (Å²) in [6, 6.07) is 10.1. The largest absolute Gasteiger partial charge is 0.374 e. The van der Waals surface area contributed by atoms with E-state index in [-0.39, 0.29) is 18.1 Å². The number of aldehydes is 1. The summed E-state index contributed by atoms with van der Waals surface area (Å²) in [7, 11) is 0. The summed E-state index contributed by atoms with van der Waals surface area (Å²) in [5, 5.41) is 0. The van der Waals surface area contributed by atoms with E-state index in [0.29, 0.717) is 10.5 Å². The number of carbonyl (C=O) groups excluding carboxylic acids is 1. The Hall–Kier alpha value is -0.460. The highest BCUT2D eigenvalue weighted by atomic mass is 127. The van der Waals surface area contributed by atoms with Crippen molar-refractivity contribution in [3.63, 3.8) is 0 Å². The molecule has 0 aliphatic heterocycles. The predicted octanol–water partition coefficient (Wildman–Crippen LogP) is 3.78. The molecule has 4 atom stereocenters. The Kier molecular flexibility index (Phi) is 7.13. The second kappa shape index (κ2) is 8.86. The van der Waals surface area contributed by atoms with Crippen LogP contribution in [-0.4, -0.2) is 29.0 Å². The first-order valence-corrected chi connectivity index (χ1v) is 8.85. The van der Waals surface area contributed by atoms with Crippen LogP contribution in [0.2, 0.25) is 0 Å². The number of benzene rings is 1. The van der Waals surface area contributed by atoms with Gasteiger partial charge in [-0.2, -0.15) is 0 Å². The smallest absolute Gasteiger partial charge is 0.123 e. The van der Waals surface area contributed by atoms with Gasteiger partial charge in [0.2, 0.25) is 0 Å². The molecule has 3 nitrogen and oxygen atoms in total. The highest BCUT2D eigenvalue weighted by Gasteiger charge is 2.37. The van der Waals surface area contributed by atoms with Crippen LogP contribution in [-0.2, 0) is 20.9 Å². The Bertz CT molecular complexity index is 423. The molecule has 0 heterocycles. The van der Waals surface area contributed by atoms with E-state index in [1.54, 1.807) is 0 Å². The third kappa shape index (κ3) is 5.04. The van der Waals surface area contributed by atoms with Crippen molar-refractivity contribution in [2.75, 3.05) is 6.61 Å². The van der Waals surface area contributed by atoms with E-state index in [9.17, 15) is 4.79 Å². The van der Waals surface area contributed by atoms with Crippen LogP contribution >= 0.6 is 22.6 Å². The van der Waals surface area contributed by atoms with Gasteiger partial charge in [0.05, 0.1) is 18.8 Å². The Morgan fingerprint density at radius 2 is 2.00 bits per heavy atom. The third-order valence-corrected chi connectivity index (χ3v) is 5.02. The van der Waals surface area contributed by atoms with Crippen LogP contribution in [0, 0.1) is 5.92 Å². The van der Waals surface area contributed by atoms with E-state index in [1.807, 2.05) is 18.2 Å². The number of carbonyl (C=O) groups is 1. The van der Waals surface area contributed by atoms with E-state index in [4.69, 9.17) is 9.47 Å². The first-order valence-electron chi connectivity index (χ1n) is 7.61. The lowest BCUT2D eigenvalue weighted by Gasteiger charge is -2.37. The first-order chi connectivity index (χ1) is 10.2. The van der Waals surface area contributed by atoms with Crippen molar-refractivity contribution in [1.82, 2.24) is 0 Å². The standard InChI is InChI=1S/C17H23IO3/c1-2-8-20-17-15(18)9-14(11-19)10-16(17)21-12-13-6-4-3-5-7-13/h3-7,11,14-17H,2,8-10,12H2,1H3. The Morgan fingerprint density at radius 1 is 1.24 bits per heavy atom. The van der Waals surface area contributed by atoms with E-state index in [2.05, 4.69) is 41.6 Å². The number of hydrogen-bond acceptors (Lipinski definition) is 3. The fourth-order valence-corrected chi connectivity index (χ4v) is 4.03. The lowest BCUT2D eigenvalue weighted by Crippen LogP contribution is -2.45. The Balaban J connectivity index is 1.98. The zero-order chi connectivity index (χ0) is 15.1. The number of halogens is 1. The minimum absolute atomic E-state index is 0.00241. The lowest BCUT2D eigenvalue weighted by atomic mass is 9.86. The lowest BCUT2D eigenvalue weighted by molar-refractivity contribution is -0.123. The maximum Gasteiger partial charge on any atom is 0.123 e. The molecule has 0 radical (unpaired) electrons. The fourth-order valence-electron chi connectivity index (χ4n) is 2.70. The molecule has 1 aliphatic rings. The molecule has 0 amide bonds. The average Bonchev–Trinajstić information content (AvgIpc) is 2.52. The van der Waals surface area contributed by atoms with Crippen LogP contribution < -0.4 is 0 Å². The van der Waals surface area contributed by atoms with Crippen LogP contribution in [0.5, 0.6) is 0 Å². The number of hydrogen-bond donors (Lipinski definition) is 0. The molecule has 1 fully saturated rings. The van der Waals surface area contributed by atoms with E-state index < -0.39 is 0 Å². The molecule has 1 saturated carbocycles. The summed E-state index contributed by atoms with van der Waals surface area (Å²) >= 11 is 2.40. The molecule has 4 heteroatoms. The van der Waals surface area contributed by atoms with Gasteiger partial charge in [-0.15, -0.1) is 0 Å². The maximum absolute atomic E-state index is 11.1. The van der Waals surface area contributed by atoms with Crippen LogP contribution in [0.3, 0.4) is 0 Å². The number of alkyl halides is 1. The number of ether oxygens (including phenoxy) is 2. The van der Waals surface area contributed by atoms with Crippen molar-refractivity contribution >= 4 is 28.9 Å². The summed E-state index contributed by atoms with van der Waals surface area (Å²) in [4.78, 5) is 11.1. The van der Waals surface area contributed by atoms with Gasteiger partial charge in [0.25, 0.3) is 0 Å². The summed E-state index contributed by atoms with van der Waals surface area (Å²) in [6.07, 6.45) is 3.82. The van der Waals surface area contributed by atoms with Gasteiger partial charge in [0.1, 0.15) is 6.29 Å². The molecular weight excluding hydrogens is 379 g/mol.